The average molecular weight is 337 g/mol. The number of benzene rings is 2. The number of hydrogen-bond donors (Lipinski definition) is 1. The van der Waals surface area contributed by atoms with E-state index in [1.807, 2.05) is 18.2 Å². The van der Waals surface area contributed by atoms with Crippen molar-refractivity contribution in [2.75, 3.05) is 0 Å². The maximum atomic E-state index is 9.21. The Morgan fingerprint density at radius 3 is 2.46 bits per heavy atom. The lowest BCUT2D eigenvalue weighted by Gasteiger charge is -2.15. The van der Waals surface area contributed by atoms with Crippen LogP contribution in [0.4, 0.5) is 0 Å². The Labute approximate surface area is 147 Å². The third kappa shape index (κ3) is 4.11. The first kappa shape index (κ1) is 16.9. The molecule has 0 bridgehead atoms. The van der Waals surface area contributed by atoms with Crippen molar-refractivity contribution >= 4 is 11.3 Å². The zero-order valence-electron chi connectivity index (χ0n) is 14.0. The Kier molecular flexibility index (Phi) is 5.78. The number of aliphatic hydroxyl groups excluding tert-OH is 1. The molecule has 0 saturated carbocycles. The van der Waals surface area contributed by atoms with E-state index in [0.717, 1.165) is 30.5 Å². The third-order valence-electron chi connectivity index (χ3n) is 4.31. The van der Waals surface area contributed by atoms with Crippen molar-refractivity contribution < 1.29 is 5.11 Å². The van der Waals surface area contributed by atoms with Gasteiger partial charge in [0.25, 0.3) is 0 Å². The molecule has 1 unspecified atom stereocenters. The molecule has 0 saturated heterocycles. The van der Waals surface area contributed by atoms with Crippen molar-refractivity contribution in [1.82, 2.24) is 4.98 Å². The largest absolute Gasteiger partial charge is 0.392 e. The molecule has 1 N–H and O–H groups in total. The summed E-state index contributed by atoms with van der Waals surface area (Å²) in [5.74, 6) is 0.484. The fraction of sp³-hybridized carbons (Fsp3) is 0.286. The van der Waals surface area contributed by atoms with E-state index in [9.17, 15) is 5.11 Å². The fourth-order valence-corrected chi connectivity index (χ4v) is 3.87. The van der Waals surface area contributed by atoms with Gasteiger partial charge >= 0.3 is 0 Å². The highest BCUT2D eigenvalue weighted by Gasteiger charge is 2.14. The Morgan fingerprint density at radius 2 is 1.79 bits per heavy atom. The number of aromatic nitrogens is 1. The highest BCUT2D eigenvalue weighted by molar-refractivity contribution is 7.09. The molecule has 1 atom stereocenters. The smallest absolute Gasteiger partial charge is 0.0938 e. The summed E-state index contributed by atoms with van der Waals surface area (Å²) in [5, 5.41) is 12.6. The van der Waals surface area contributed by atoms with E-state index in [4.69, 9.17) is 4.98 Å². The number of thiazole rings is 1. The summed E-state index contributed by atoms with van der Waals surface area (Å²) in [6.45, 7) is 2.33. The van der Waals surface area contributed by atoms with Crippen LogP contribution in [0.2, 0.25) is 0 Å². The molecule has 0 fully saturated rings. The topological polar surface area (TPSA) is 33.1 Å². The van der Waals surface area contributed by atoms with Gasteiger partial charge in [-0.3, -0.25) is 0 Å². The van der Waals surface area contributed by atoms with Crippen LogP contribution >= 0.6 is 11.3 Å². The first-order valence-corrected chi connectivity index (χ1v) is 9.37. The van der Waals surface area contributed by atoms with Crippen LogP contribution in [0.25, 0.3) is 11.3 Å². The van der Waals surface area contributed by atoms with Crippen LogP contribution in [0, 0.1) is 0 Å². The zero-order chi connectivity index (χ0) is 16.8. The molecule has 0 aliphatic heterocycles. The molecule has 0 radical (unpaired) electrons. The lowest BCUT2D eigenvalue weighted by molar-refractivity contribution is 0.282. The molecule has 2 aromatic carbocycles. The second-order valence-electron chi connectivity index (χ2n) is 6.08. The molecule has 124 valence electrons. The number of aliphatic hydroxyl groups is 1. The van der Waals surface area contributed by atoms with Crippen molar-refractivity contribution in [3.8, 4) is 11.3 Å². The van der Waals surface area contributed by atoms with E-state index < -0.39 is 0 Å². The van der Waals surface area contributed by atoms with Crippen LogP contribution < -0.4 is 0 Å². The average Bonchev–Trinajstić information content (AvgIpc) is 3.11. The van der Waals surface area contributed by atoms with Crippen molar-refractivity contribution in [1.29, 1.82) is 0 Å². The molecule has 3 rings (SSSR count). The maximum absolute atomic E-state index is 9.21. The summed E-state index contributed by atoms with van der Waals surface area (Å²) in [4.78, 5) is 4.84. The number of rotatable bonds is 7. The van der Waals surface area contributed by atoms with Gasteiger partial charge in [0.2, 0.25) is 0 Å². The van der Waals surface area contributed by atoms with E-state index in [1.165, 1.54) is 16.1 Å². The molecule has 1 heterocycles. The van der Waals surface area contributed by atoms with E-state index >= 15 is 0 Å². The lowest BCUT2D eigenvalue weighted by atomic mass is 9.91. The van der Waals surface area contributed by atoms with Gasteiger partial charge in [0.15, 0.2) is 0 Å². The van der Waals surface area contributed by atoms with E-state index in [1.54, 1.807) is 11.3 Å². The Bertz CT molecular complexity index is 749. The maximum Gasteiger partial charge on any atom is 0.0938 e. The third-order valence-corrected chi connectivity index (χ3v) is 5.18. The van der Waals surface area contributed by atoms with Gasteiger partial charge in [-0.25, -0.2) is 4.98 Å². The minimum Gasteiger partial charge on any atom is -0.392 e. The second-order valence-corrected chi connectivity index (χ2v) is 7.02. The quantitative estimate of drug-likeness (QED) is 0.623. The van der Waals surface area contributed by atoms with Gasteiger partial charge in [-0.1, -0.05) is 67.9 Å². The van der Waals surface area contributed by atoms with Crippen molar-refractivity contribution in [3.05, 3.63) is 76.1 Å². The van der Waals surface area contributed by atoms with Gasteiger partial charge in [-0.2, -0.15) is 0 Å². The Hall–Kier alpha value is -1.97. The molecule has 0 aliphatic rings. The molecule has 0 amide bonds. The van der Waals surface area contributed by atoms with Crippen LogP contribution in [0.3, 0.4) is 0 Å². The van der Waals surface area contributed by atoms with Crippen LogP contribution in [0.15, 0.2) is 60.0 Å². The Balaban J connectivity index is 1.77. The number of hydrogen-bond acceptors (Lipinski definition) is 3. The van der Waals surface area contributed by atoms with Crippen molar-refractivity contribution in [2.24, 2.45) is 0 Å². The summed E-state index contributed by atoms with van der Waals surface area (Å²) in [7, 11) is 0. The van der Waals surface area contributed by atoms with E-state index in [0.29, 0.717) is 5.92 Å². The second kappa shape index (κ2) is 8.22. The molecule has 0 spiro atoms. The summed E-state index contributed by atoms with van der Waals surface area (Å²) < 4.78 is 0. The van der Waals surface area contributed by atoms with Crippen molar-refractivity contribution in [3.63, 3.8) is 0 Å². The Morgan fingerprint density at radius 1 is 1.04 bits per heavy atom. The molecule has 3 aromatic rings. The van der Waals surface area contributed by atoms with Gasteiger partial charge in [-0.15, -0.1) is 11.3 Å². The van der Waals surface area contributed by atoms with Gasteiger partial charge in [-0.05, 0) is 23.5 Å². The van der Waals surface area contributed by atoms with Gasteiger partial charge in [0.1, 0.15) is 0 Å². The predicted octanol–water partition coefficient (Wildman–Crippen LogP) is 5.43. The van der Waals surface area contributed by atoms with Gasteiger partial charge in [0, 0.05) is 17.4 Å². The summed E-state index contributed by atoms with van der Waals surface area (Å²) in [5.41, 5.74) is 4.56. The lowest BCUT2D eigenvalue weighted by Crippen LogP contribution is -2.03. The predicted molar refractivity (Wildman–Crippen MR) is 101 cm³/mol. The normalized spacial score (nSPS) is 12.2. The molecule has 1 aromatic heterocycles. The monoisotopic (exact) mass is 337 g/mol. The van der Waals surface area contributed by atoms with Crippen molar-refractivity contribution in [2.45, 2.75) is 38.7 Å². The van der Waals surface area contributed by atoms with Crippen LogP contribution in [-0.4, -0.2) is 10.1 Å². The van der Waals surface area contributed by atoms with Gasteiger partial charge < -0.3 is 5.11 Å². The molecular weight excluding hydrogens is 314 g/mol. The number of nitrogens with zero attached hydrogens (tertiary/aromatic N) is 1. The van der Waals surface area contributed by atoms with E-state index in [-0.39, 0.29) is 6.61 Å². The van der Waals surface area contributed by atoms with E-state index in [2.05, 4.69) is 48.7 Å². The minimum atomic E-state index is 0.103. The summed E-state index contributed by atoms with van der Waals surface area (Å²) >= 11 is 1.75. The first-order chi connectivity index (χ1) is 11.8. The SMILES string of the molecule is CCCC(Cc1nc(-c2ccccc2)cs1)c1ccc(CO)cc1. The van der Waals surface area contributed by atoms with Gasteiger partial charge in [0.05, 0.1) is 17.3 Å². The summed E-state index contributed by atoms with van der Waals surface area (Å²) in [6.07, 6.45) is 3.28. The zero-order valence-corrected chi connectivity index (χ0v) is 14.8. The molecule has 0 aliphatic carbocycles. The minimum absolute atomic E-state index is 0.103. The molecular formula is C21H23NOS. The standard InChI is InChI=1S/C21H23NOS/c1-2-6-19(17-11-9-16(14-23)10-12-17)13-21-22-20(15-24-21)18-7-4-3-5-8-18/h3-5,7-12,15,19,23H,2,6,13-14H2,1H3. The molecule has 2 nitrogen and oxygen atoms in total. The summed E-state index contributed by atoms with van der Waals surface area (Å²) in [6, 6.07) is 18.7. The molecule has 24 heavy (non-hydrogen) atoms. The molecule has 3 heteroatoms. The van der Waals surface area contributed by atoms with Crippen LogP contribution in [0.1, 0.15) is 41.8 Å². The highest BCUT2D eigenvalue weighted by atomic mass is 32.1. The van der Waals surface area contributed by atoms with Crippen LogP contribution in [0.5, 0.6) is 0 Å². The first-order valence-electron chi connectivity index (χ1n) is 8.49. The fourth-order valence-electron chi connectivity index (χ4n) is 2.99. The highest BCUT2D eigenvalue weighted by Crippen LogP contribution is 2.29. The van der Waals surface area contributed by atoms with Crippen LogP contribution in [-0.2, 0) is 13.0 Å².